The summed E-state index contributed by atoms with van der Waals surface area (Å²) >= 11 is 0. The largest absolute Gasteiger partial charge is 0.329 e. The summed E-state index contributed by atoms with van der Waals surface area (Å²) in [7, 11) is 0. The van der Waals surface area contributed by atoms with E-state index in [0.29, 0.717) is 18.0 Å². The van der Waals surface area contributed by atoms with Crippen molar-refractivity contribution in [3.05, 3.63) is 30.1 Å². The monoisotopic (exact) mass is 268 g/mol. The van der Waals surface area contributed by atoms with Gasteiger partial charge in [0, 0.05) is 19.2 Å². The maximum absolute atomic E-state index is 11.9. The number of imide groups is 1. The first-order valence-corrected chi connectivity index (χ1v) is 6.21. The van der Waals surface area contributed by atoms with Gasteiger partial charge in [-0.3, -0.25) is 19.4 Å². The Hall–Kier alpha value is -2.81. The van der Waals surface area contributed by atoms with Gasteiger partial charge >= 0.3 is 6.03 Å². The zero-order chi connectivity index (χ0) is 14.1. The van der Waals surface area contributed by atoms with E-state index in [1.54, 1.807) is 17.5 Å². The molecule has 0 aromatic carbocycles. The first-order valence-electron chi connectivity index (χ1n) is 6.21. The average Bonchev–Trinajstić information content (AvgIpc) is 2.84. The SMILES string of the molecule is CC#Cc1cccn2c(N3CCC(=O)NC3=O)cnc12. The van der Waals surface area contributed by atoms with Crippen LogP contribution >= 0.6 is 0 Å². The quantitative estimate of drug-likeness (QED) is 0.789. The number of nitrogens with zero attached hydrogens (tertiary/aromatic N) is 3. The topological polar surface area (TPSA) is 66.7 Å². The minimum Gasteiger partial charge on any atom is -0.285 e. The van der Waals surface area contributed by atoms with Crippen molar-refractivity contribution in [3.8, 4) is 11.8 Å². The average molecular weight is 268 g/mol. The van der Waals surface area contributed by atoms with Crippen molar-refractivity contribution >= 4 is 23.4 Å². The second kappa shape index (κ2) is 4.70. The minimum absolute atomic E-state index is 0.252. The number of nitrogens with one attached hydrogen (secondary N) is 1. The van der Waals surface area contributed by atoms with Gasteiger partial charge in [-0.1, -0.05) is 5.92 Å². The molecule has 0 aliphatic carbocycles. The fourth-order valence-electron chi connectivity index (χ4n) is 2.21. The number of hydrogen-bond acceptors (Lipinski definition) is 3. The van der Waals surface area contributed by atoms with Crippen LogP contribution in [0.2, 0.25) is 0 Å². The molecule has 1 aliphatic heterocycles. The molecule has 6 nitrogen and oxygen atoms in total. The van der Waals surface area contributed by atoms with Gasteiger partial charge in [0.15, 0.2) is 5.65 Å². The number of fused-ring (bicyclic) bond motifs is 1. The van der Waals surface area contributed by atoms with Crippen LogP contribution in [0.15, 0.2) is 24.5 Å². The zero-order valence-electron chi connectivity index (χ0n) is 10.9. The Morgan fingerprint density at radius 1 is 1.40 bits per heavy atom. The second-order valence-corrected chi connectivity index (χ2v) is 4.36. The molecule has 0 unspecified atom stereocenters. The molecule has 100 valence electrons. The highest BCUT2D eigenvalue weighted by Gasteiger charge is 2.26. The van der Waals surface area contributed by atoms with Crippen LogP contribution < -0.4 is 10.2 Å². The normalized spacial score (nSPS) is 14.9. The molecule has 0 saturated carbocycles. The lowest BCUT2D eigenvalue weighted by atomic mass is 10.2. The highest BCUT2D eigenvalue weighted by Crippen LogP contribution is 2.20. The predicted octanol–water partition coefficient (Wildman–Crippen LogP) is 1.15. The van der Waals surface area contributed by atoms with Crippen LogP contribution in [0.5, 0.6) is 0 Å². The van der Waals surface area contributed by atoms with Crippen LogP contribution in [-0.4, -0.2) is 27.9 Å². The van der Waals surface area contributed by atoms with Crippen LogP contribution in [-0.2, 0) is 4.79 Å². The smallest absolute Gasteiger partial charge is 0.285 e. The first kappa shape index (κ1) is 12.2. The number of anilines is 1. The fraction of sp³-hybridized carbons (Fsp3) is 0.214. The Kier molecular flexibility index (Phi) is 2.88. The van der Waals surface area contributed by atoms with Gasteiger partial charge in [-0.25, -0.2) is 9.78 Å². The zero-order valence-corrected chi connectivity index (χ0v) is 10.9. The van der Waals surface area contributed by atoms with Crippen molar-refractivity contribution < 1.29 is 9.59 Å². The molecule has 1 fully saturated rings. The van der Waals surface area contributed by atoms with Gasteiger partial charge in [0.1, 0.15) is 5.82 Å². The van der Waals surface area contributed by atoms with Crippen molar-refractivity contribution in [2.75, 3.05) is 11.4 Å². The maximum Gasteiger partial charge on any atom is 0.329 e. The number of urea groups is 1. The highest BCUT2D eigenvalue weighted by atomic mass is 16.2. The van der Waals surface area contributed by atoms with Crippen molar-refractivity contribution in [3.63, 3.8) is 0 Å². The number of amides is 3. The fourth-order valence-corrected chi connectivity index (χ4v) is 2.21. The molecule has 1 saturated heterocycles. The van der Waals surface area contributed by atoms with Gasteiger partial charge in [-0.15, -0.1) is 5.92 Å². The van der Waals surface area contributed by atoms with E-state index in [-0.39, 0.29) is 12.3 Å². The van der Waals surface area contributed by atoms with E-state index >= 15 is 0 Å². The molecule has 0 bridgehead atoms. The molecule has 6 heteroatoms. The number of pyridine rings is 1. The molecule has 2 aromatic rings. The van der Waals surface area contributed by atoms with Crippen LogP contribution in [0.1, 0.15) is 18.9 Å². The highest BCUT2D eigenvalue weighted by molar-refractivity contribution is 6.05. The molecule has 0 spiro atoms. The third-order valence-electron chi connectivity index (χ3n) is 3.11. The number of imidazole rings is 1. The lowest BCUT2D eigenvalue weighted by Gasteiger charge is -2.25. The molecule has 1 aliphatic rings. The number of carbonyl (C=O) groups excluding carboxylic acids is 2. The van der Waals surface area contributed by atoms with E-state index in [2.05, 4.69) is 22.1 Å². The third-order valence-corrected chi connectivity index (χ3v) is 3.11. The Bertz CT molecular complexity index is 766. The number of carbonyl (C=O) groups is 2. The summed E-state index contributed by atoms with van der Waals surface area (Å²) in [6.45, 7) is 2.11. The lowest BCUT2D eigenvalue weighted by molar-refractivity contribution is -0.120. The van der Waals surface area contributed by atoms with Crippen molar-refractivity contribution in [2.24, 2.45) is 0 Å². The van der Waals surface area contributed by atoms with Gasteiger partial charge < -0.3 is 0 Å². The molecular weight excluding hydrogens is 256 g/mol. The van der Waals surface area contributed by atoms with Crippen molar-refractivity contribution in [1.82, 2.24) is 14.7 Å². The van der Waals surface area contributed by atoms with Crippen LogP contribution in [0.4, 0.5) is 10.6 Å². The lowest BCUT2D eigenvalue weighted by Crippen LogP contribution is -2.50. The summed E-state index contributed by atoms with van der Waals surface area (Å²) in [6, 6.07) is 3.31. The molecule has 1 N–H and O–H groups in total. The summed E-state index contributed by atoms with van der Waals surface area (Å²) in [5, 5.41) is 2.30. The van der Waals surface area contributed by atoms with Gasteiger partial charge in [-0.05, 0) is 19.1 Å². The Labute approximate surface area is 115 Å². The Morgan fingerprint density at radius 3 is 3.00 bits per heavy atom. The van der Waals surface area contributed by atoms with E-state index < -0.39 is 6.03 Å². The van der Waals surface area contributed by atoms with Gasteiger partial charge in [-0.2, -0.15) is 0 Å². The summed E-state index contributed by atoms with van der Waals surface area (Å²) in [4.78, 5) is 28.9. The van der Waals surface area contributed by atoms with Crippen LogP contribution in [0.25, 0.3) is 5.65 Å². The van der Waals surface area contributed by atoms with Crippen molar-refractivity contribution in [1.29, 1.82) is 0 Å². The molecule has 2 aromatic heterocycles. The Morgan fingerprint density at radius 2 is 2.25 bits per heavy atom. The second-order valence-electron chi connectivity index (χ2n) is 4.36. The first-order chi connectivity index (χ1) is 9.70. The third kappa shape index (κ3) is 1.89. The number of hydrogen-bond donors (Lipinski definition) is 1. The summed E-state index contributed by atoms with van der Waals surface area (Å²) in [6.07, 6.45) is 3.72. The van der Waals surface area contributed by atoms with Gasteiger partial charge in [0.05, 0.1) is 11.8 Å². The molecule has 3 rings (SSSR count). The molecule has 3 heterocycles. The Balaban J connectivity index is 2.08. The molecule has 20 heavy (non-hydrogen) atoms. The van der Waals surface area contributed by atoms with Gasteiger partial charge in [0.2, 0.25) is 5.91 Å². The minimum atomic E-state index is -0.421. The maximum atomic E-state index is 11.9. The molecular formula is C14H12N4O2. The van der Waals surface area contributed by atoms with E-state index in [4.69, 9.17) is 0 Å². The standard InChI is InChI=1S/C14H12N4O2/c1-2-4-10-5-3-7-17-12(9-15-13(10)17)18-8-6-11(19)16-14(18)20/h3,5,7,9H,6,8H2,1H3,(H,16,19,20). The van der Waals surface area contributed by atoms with E-state index in [0.717, 1.165) is 5.56 Å². The van der Waals surface area contributed by atoms with E-state index in [1.165, 1.54) is 4.90 Å². The van der Waals surface area contributed by atoms with E-state index in [9.17, 15) is 9.59 Å². The molecule has 0 radical (unpaired) electrons. The summed E-state index contributed by atoms with van der Waals surface area (Å²) in [5.41, 5.74) is 1.50. The van der Waals surface area contributed by atoms with Gasteiger partial charge in [0.25, 0.3) is 0 Å². The molecule has 3 amide bonds. The molecule has 0 atom stereocenters. The summed E-state index contributed by atoms with van der Waals surface area (Å²) < 4.78 is 1.80. The number of aromatic nitrogens is 2. The van der Waals surface area contributed by atoms with E-state index in [1.807, 2.05) is 18.3 Å². The van der Waals surface area contributed by atoms with Crippen LogP contribution in [0.3, 0.4) is 0 Å². The number of rotatable bonds is 1. The summed E-state index contributed by atoms with van der Waals surface area (Å²) in [5.74, 6) is 6.19. The van der Waals surface area contributed by atoms with Crippen LogP contribution in [0, 0.1) is 11.8 Å². The van der Waals surface area contributed by atoms with Crippen molar-refractivity contribution in [2.45, 2.75) is 13.3 Å². The predicted molar refractivity (Wildman–Crippen MR) is 73.2 cm³/mol.